The number of amides is 1. The molecule has 2 N–H and O–H groups in total. The molecule has 0 aliphatic rings. The number of hydrogen-bond acceptors (Lipinski definition) is 4. The normalized spacial score (nSPS) is 11.5. The second-order valence-electron chi connectivity index (χ2n) is 3.71. The minimum absolute atomic E-state index is 0.0477. The Morgan fingerprint density at radius 3 is 2.74 bits per heavy atom. The molecule has 19 heavy (non-hydrogen) atoms. The van der Waals surface area contributed by atoms with E-state index >= 15 is 0 Å². The van der Waals surface area contributed by atoms with Gasteiger partial charge in [-0.15, -0.1) is 0 Å². The summed E-state index contributed by atoms with van der Waals surface area (Å²) in [7, 11) is 0. The molecular formula is C11H8F3N3O2. The van der Waals surface area contributed by atoms with Crippen molar-refractivity contribution in [3.63, 3.8) is 0 Å². The standard InChI is InChI=1S/C11H8F3N3O2/c12-11(13,14)9-5-6(19-17-9)4-8-7(10(15)18)2-1-3-16-8/h1-3,5H,4H2,(H2,15,18). The summed E-state index contributed by atoms with van der Waals surface area (Å²) in [6.07, 6.45) is -3.26. The van der Waals surface area contributed by atoms with Gasteiger partial charge in [-0.2, -0.15) is 13.2 Å². The monoisotopic (exact) mass is 271 g/mol. The second-order valence-corrected chi connectivity index (χ2v) is 3.71. The molecule has 2 aromatic heterocycles. The van der Waals surface area contributed by atoms with E-state index in [0.717, 1.165) is 6.07 Å². The zero-order chi connectivity index (χ0) is 14.0. The van der Waals surface area contributed by atoms with Gasteiger partial charge in [-0.3, -0.25) is 9.78 Å². The Hall–Kier alpha value is -2.38. The van der Waals surface area contributed by atoms with Crippen LogP contribution in [0.15, 0.2) is 28.9 Å². The molecule has 0 bridgehead atoms. The second kappa shape index (κ2) is 4.71. The van der Waals surface area contributed by atoms with Gasteiger partial charge in [0.2, 0.25) is 0 Å². The topological polar surface area (TPSA) is 82.0 Å². The first-order chi connectivity index (χ1) is 8.88. The number of pyridine rings is 1. The van der Waals surface area contributed by atoms with E-state index in [-0.39, 0.29) is 23.4 Å². The van der Waals surface area contributed by atoms with Crippen molar-refractivity contribution >= 4 is 5.91 Å². The van der Waals surface area contributed by atoms with Crippen LogP contribution in [-0.4, -0.2) is 16.0 Å². The van der Waals surface area contributed by atoms with Gasteiger partial charge in [0.1, 0.15) is 5.76 Å². The molecule has 0 aromatic carbocycles. The molecule has 0 fully saturated rings. The van der Waals surface area contributed by atoms with Gasteiger partial charge < -0.3 is 10.3 Å². The van der Waals surface area contributed by atoms with Crippen LogP contribution in [0.4, 0.5) is 13.2 Å². The number of rotatable bonds is 3. The van der Waals surface area contributed by atoms with Gasteiger partial charge in [0, 0.05) is 12.3 Å². The number of halogens is 3. The lowest BCUT2D eigenvalue weighted by Gasteiger charge is -2.02. The van der Waals surface area contributed by atoms with Crippen molar-refractivity contribution < 1.29 is 22.5 Å². The third kappa shape index (κ3) is 2.90. The van der Waals surface area contributed by atoms with Crippen molar-refractivity contribution in [1.82, 2.24) is 10.1 Å². The molecule has 8 heteroatoms. The average Bonchev–Trinajstić information content (AvgIpc) is 2.77. The minimum Gasteiger partial charge on any atom is -0.366 e. The molecule has 2 heterocycles. The van der Waals surface area contributed by atoms with Crippen molar-refractivity contribution in [3.05, 3.63) is 47.1 Å². The predicted molar refractivity (Wildman–Crippen MR) is 57.1 cm³/mol. The van der Waals surface area contributed by atoms with Gasteiger partial charge in [0.25, 0.3) is 5.91 Å². The van der Waals surface area contributed by atoms with Gasteiger partial charge >= 0.3 is 6.18 Å². The Kier molecular flexibility index (Phi) is 3.24. The van der Waals surface area contributed by atoms with Crippen LogP contribution in [0.3, 0.4) is 0 Å². The highest BCUT2D eigenvalue weighted by molar-refractivity contribution is 5.93. The van der Waals surface area contributed by atoms with Crippen LogP contribution in [0.1, 0.15) is 27.5 Å². The smallest absolute Gasteiger partial charge is 0.366 e. The highest BCUT2D eigenvalue weighted by Gasteiger charge is 2.35. The Balaban J connectivity index is 2.27. The molecule has 100 valence electrons. The van der Waals surface area contributed by atoms with E-state index in [0.29, 0.717) is 0 Å². The number of primary amides is 1. The molecule has 2 rings (SSSR count). The summed E-state index contributed by atoms with van der Waals surface area (Å²) in [5, 5.41) is 2.91. The number of alkyl halides is 3. The van der Waals surface area contributed by atoms with Gasteiger partial charge in [-0.05, 0) is 12.1 Å². The Bertz CT molecular complexity index is 607. The van der Waals surface area contributed by atoms with Crippen molar-refractivity contribution in [2.24, 2.45) is 5.73 Å². The Morgan fingerprint density at radius 1 is 1.42 bits per heavy atom. The van der Waals surface area contributed by atoms with Gasteiger partial charge in [0.05, 0.1) is 17.7 Å². The maximum Gasteiger partial charge on any atom is 0.436 e. The number of nitrogens with two attached hydrogens (primary N) is 1. The summed E-state index contributed by atoms with van der Waals surface area (Å²) in [4.78, 5) is 15.0. The van der Waals surface area contributed by atoms with E-state index in [4.69, 9.17) is 5.73 Å². The van der Waals surface area contributed by atoms with Crippen LogP contribution in [0, 0.1) is 0 Å². The van der Waals surface area contributed by atoms with Crippen molar-refractivity contribution in [1.29, 1.82) is 0 Å². The van der Waals surface area contributed by atoms with Crippen LogP contribution >= 0.6 is 0 Å². The summed E-state index contributed by atoms with van der Waals surface area (Å²) >= 11 is 0. The zero-order valence-electron chi connectivity index (χ0n) is 9.44. The van der Waals surface area contributed by atoms with E-state index in [2.05, 4.69) is 14.7 Å². The number of hydrogen-bond donors (Lipinski definition) is 1. The van der Waals surface area contributed by atoms with Crippen molar-refractivity contribution in [2.45, 2.75) is 12.6 Å². The van der Waals surface area contributed by atoms with Crippen molar-refractivity contribution in [3.8, 4) is 0 Å². The Labute approximate surface area is 105 Å². The molecule has 0 saturated carbocycles. The molecule has 0 radical (unpaired) electrons. The van der Waals surface area contributed by atoms with Crippen LogP contribution in [0.2, 0.25) is 0 Å². The van der Waals surface area contributed by atoms with E-state index in [1.165, 1.54) is 18.3 Å². The fourth-order valence-corrected chi connectivity index (χ4v) is 1.50. The Morgan fingerprint density at radius 2 is 2.16 bits per heavy atom. The molecule has 0 atom stereocenters. The lowest BCUT2D eigenvalue weighted by Crippen LogP contribution is -2.14. The first-order valence-corrected chi connectivity index (χ1v) is 5.14. The number of carbonyl (C=O) groups is 1. The molecule has 0 aliphatic carbocycles. The van der Waals surface area contributed by atoms with Crippen LogP contribution in [-0.2, 0) is 12.6 Å². The lowest BCUT2D eigenvalue weighted by atomic mass is 10.1. The zero-order valence-corrected chi connectivity index (χ0v) is 9.44. The molecule has 1 amide bonds. The summed E-state index contributed by atoms with van der Waals surface area (Å²) in [6.45, 7) is 0. The largest absolute Gasteiger partial charge is 0.436 e. The lowest BCUT2D eigenvalue weighted by molar-refractivity contribution is -0.142. The molecule has 0 unspecified atom stereocenters. The number of nitrogens with zero attached hydrogens (tertiary/aromatic N) is 2. The predicted octanol–water partition coefficient (Wildman–Crippen LogP) is 1.78. The SMILES string of the molecule is NC(=O)c1cccnc1Cc1cc(C(F)(F)F)no1. The number of carbonyl (C=O) groups excluding carboxylic acids is 1. The average molecular weight is 271 g/mol. The fraction of sp³-hybridized carbons (Fsp3) is 0.182. The maximum absolute atomic E-state index is 12.3. The molecule has 0 saturated heterocycles. The summed E-state index contributed by atoms with van der Waals surface area (Å²) in [5.74, 6) is -0.757. The van der Waals surface area contributed by atoms with E-state index in [9.17, 15) is 18.0 Å². The third-order valence-corrected chi connectivity index (χ3v) is 2.35. The molecular weight excluding hydrogens is 263 g/mol. The first kappa shape index (κ1) is 13.1. The van der Waals surface area contributed by atoms with Gasteiger partial charge in [0.15, 0.2) is 5.69 Å². The van der Waals surface area contributed by atoms with Gasteiger partial charge in [-0.1, -0.05) is 5.16 Å². The molecule has 2 aromatic rings. The third-order valence-electron chi connectivity index (χ3n) is 2.35. The first-order valence-electron chi connectivity index (χ1n) is 5.14. The van der Waals surface area contributed by atoms with E-state index in [1.54, 1.807) is 0 Å². The summed E-state index contributed by atoms with van der Waals surface area (Å²) < 4.78 is 41.6. The number of aromatic nitrogens is 2. The maximum atomic E-state index is 12.3. The van der Waals surface area contributed by atoms with Crippen molar-refractivity contribution in [2.75, 3.05) is 0 Å². The van der Waals surface area contributed by atoms with Crippen LogP contribution < -0.4 is 5.73 Å². The van der Waals surface area contributed by atoms with Crippen LogP contribution in [0.5, 0.6) is 0 Å². The van der Waals surface area contributed by atoms with E-state index in [1.807, 2.05) is 0 Å². The quantitative estimate of drug-likeness (QED) is 0.922. The highest BCUT2D eigenvalue weighted by atomic mass is 19.4. The highest BCUT2D eigenvalue weighted by Crippen LogP contribution is 2.29. The molecule has 0 spiro atoms. The summed E-state index contributed by atoms with van der Waals surface area (Å²) in [5.41, 5.74) is 4.38. The summed E-state index contributed by atoms with van der Waals surface area (Å²) in [6, 6.07) is 3.70. The molecule has 5 nitrogen and oxygen atoms in total. The van der Waals surface area contributed by atoms with Crippen LogP contribution in [0.25, 0.3) is 0 Å². The minimum atomic E-state index is -4.57. The fourth-order valence-electron chi connectivity index (χ4n) is 1.50. The van der Waals surface area contributed by atoms with E-state index < -0.39 is 17.8 Å². The molecule has 0 aliphatic heterocycles. The van der Waals surface area contributed by atoms with Gasteiger partial charge in [-0.25, -0.2) is 0 Å².